The van der Waals surface area contributed by atoms with Gasteiger partial charge in [-0.1, -0.05) is 14.9 Å². The Balaban J connectivity index is -0.0000000233. The molecule has 0 bridgehead atoms. The van der Waals surface area contributed by atoms with Gasteiger partial charge in [-0.25, -0.2) is 13.6 Å². The summed E-state index contributed by atoms with van der Waals surface area (Å²) in [6.45, 7) is -1.75. The summed E-state index contributed by atoms with van der Waals surface area (Å²) in [7, 11) is 0. The van der Waals surface area contributed by atoms with E-state index in [-0.39, 0.29) is 14.9 Å². The molecular weight excluding hydrogens is 137 g/mol. The fourth-order valence-electron chi connectivity index (χ4n) is 0. The van der Waals surface area contributed by atoms with Crippen molar-refractivity contribution in [3.8, 4) is 0 Å². The Morgan fingerprint density at radius 1 is 1.33 bits per heavy atom. The summed E-state index contributed by atoms with van der Waals surface area (Å²) < 4.78 is 29.2. The molecule has 0 unspecified atom stereocenters. The molecule has 0 aliphatic rings. The Kier molecular flexibility index (Phi) is 71.4. The fraction of sp³-hybridized carbons (Fsp3) is 0.750. The van der Waals surface area contributed by atoms with E-state index in [1.54, 1.807) is 0 Å². The minimum absolute atomic E-state index is 0. The quantitative estimate of drug-likeness (QED) is 0.536. The van der Waals surface area contributed by atoms with Crippen LogP contribution in [0.3, 0.4) is 0 Å². The summed E-state index contributed by atoms with van der Waals surface area (Å²) in [6.07, 6.45) is -2.33. The largest absolute Gasteiger partial charge is 0.492 e. The van der Waals surface area contributed by atoms with E-state index in [1.807, 2.05) is 0 Å². The summed E-state index contributed by atoms with van der Waals surface area (Å²) in [5, 5.41) is 6.75. The van der Waals surface area contributed by atoms with Gasteiger partial charge in [0.25, 0.3) is 0 Å². The van der Waals surface area contributed by atoms with E-state index >= 15 is 0 Å². The van der Waals surface area contributed by atoms with Crippen molar-refractivity contribution in [2.75, 3.05) is 6.93 Å². The molecule has 1 N–H and O–H groups in total. The number of alkyl halides is 2. The number of hydrogen-bond acceptors (Lipinski definition) is 1. The highest BCUT2D eigenvalue weighted by atomic mass is 19.3. The van der Waals surface area contributed by atoms with E-state index in [1.165, 1.54) is 0 Å². The molecule has 0 amide bonds. The lowest BCUT2D eigenvalue weighted by molar-refractivity contribution is 0.169. The third kappa shape index (κ3) is 367. The van der Waals surface area contributed by atoms with Gasteiger partial charge in [0.2, 0.25) is 6.93 Å². The average Bonchev–Trinajstić information content (AvgIpc) is 1.33. The van der Waals surface area contributed by atoms with E-state index in [9.17, 15) is 13.2 Å². The van der Waals surface area contributed by atoms with E-state index in [0.717, 1.165) is 0 Å². The zero-order valence-electron chi connectivity index (χ0n) is 3.20. The predicted molar refractivity (Wildman–Crippen MR) is 29.7 cm³/mol. The second kappa shape index (κ2) is 26.8. The normalized spacial score (nSPS) is 4.78. The topological polar surface area (TPSA) is 37.3 Å². The number of carbonyl (C=O) groups is 1. The van der Waals surface area contributed by atoms with Gasteiger partial charge in [-0.15, -0.1) is 4.39 Å². The lowest BCUT2D eigenvalue weighted by Gasteiger charge is -1.53. The van der Waals surface area contributed by atoms with E-state index in [4.69, 9.17) is 9.90 Å². The molecule has 0 aromatic carbocycles. The van der Waals surface area contributed by atoms with Gasteiger partial charge in [0.1, 0.15) is 0 Å². The first kappa shape index (κ1) is 24.0. The van der Waals surface area contributed by atoms with Gasteiger partial charge >= 0.3 is 6.22 Å². The molecule has 0 rings (SSSR count). The van der Waals surface area contributed by atoms with Gasteiger partial charge in [0.15, 0.2) is 0 Å². The standard InChI is InChI=1S/CH2F2.CHFO2.2CH4/c2-1-3;2-1(3)4;;/h1H2;(H,3,4);2*1H4. The van der Waals surface area contributed by atoms with Crippen molar-refractivity contribution in [2.45, 2.75) is 14.9 Å². The third-order valence-corrected chi connectivity index (χ3v) is 0. The highest BCUT2D eigenvalue weighted by molar-refractivity contribution is 5.54. The fourth-order valence-corrected chi connectivity index (χ4v) is 0. The molecule has 5 heteroatoms. The second-order valence-corrected chi connectivity index (χ2v) is 0.354. The van der Waals surface area contributed by atoms with E-state index < -0.39 is 13.2 Å². The summed E-state index contributed by atoms with van der Waals surface area (Å²) in [6, 6.07) is 0. The summed E-state index contributed by atoms with van der Waals surface area (Å²) in [5.74, 6) is 0. The molecule has 60 valence electrons. The molecule has 0 fully saturated rings. The van der Waals surface area contributed by atoms with E-state index in [0.29, 0.717) is 0 Å². The first-order valence-corrected chi connectivity index (χ1v) is 1.15. The van der Waals surface area contributed by atoms with Crippen molar-refractivity contribution < 1.29 is 23.1 Å². The second-order valence-electron chi connectivity index (χ2n) is 0.354. The smallest absolute Gasteiger partial charge is 0.456 e. The molecule has 0 aromatic heterocycles. The van der Waals surface area contributed by atoms with Gasteiger partial charge in [-0.05, 0) is 0 Å². The van der Waals surface area contributed by atoms with Crippen LogP contribution in [0.2, 0.25) is 0 Å². The molecular formula is C4H11F3O2. The summed E-state index contributed by atoms with van der Waals surface area (Å²) >= 11 is 0. The Labute approximate surface area is 52.3 Å². The van der Waals surface area contributed by atoms with Crippen molar-refractivity contribution in [2.24, 2.45) is 0 Å². The van der Waals surface area contributed by atoms with Gasteiger partial charge in [0.05, 0.1) is 0 Å². The minimum atomic E-state index is -2.33. The Bertz CT molecular complexity index is 45.1. The van der Waals surface area contributed by atoms with Crippen LogP contribution < -0.4 is 0 Å². The number of halogens is 3. The molecule has 2 nitrogen and oxygen atoms in total. The molecule has 0 radical (unpaired) electrons. The maximum absolute atomic E-state index is 9.92. The zero-order chi connectivity index (χ0) is 6.28. The van der Waals surface area contributed by atoms with Crippen LogP contribution >= 0.6 is 0 Å². The Hall–Kier alpha value is -0.740. The average molecular weight is 148 g/mol. The molecule has 0 atom stereocenters. The zero-order valence-corrected chi connectivity index (χ0v) is 3.20. The lowest BCUT2D eigenvalue weighted by atomic mass is 11.5. The molecule has 9 heavy (non-hydrogen) atoms. The highest BCUT2D eigenvalue weighted by Gasteiger charge is 1.74. The van der Waals surface area contributed by atoms with Crippen LogP contribution in [0, 0.1) is 0 Å². The monoisotopic (exact) mass is 148 g/mol. The Morgan fingerprint density at radius 2 is 1.33 bits per heavy atom. The number of hydrogen-bond donors (Lipinski definition) is 1. The summed E-state index contributed by atoms with van der Waals surface area (Å²) in [5.41, 5.74) is 0. The first-order valence-electron chi connectivity index (χ1n) is 1.15. The van der Waals surface area contributed by atoms with Crippen molar-refractivity contribution in [1.82, 2.24) is 0 Å². The van der Waals surface area contributed by atoms with Gasteiger partial charge in [0, 0.05) is 0 Å². The molecule has 0 aromatic rings. The van der Waals surface area contributed by atoms with Gasteiger partial charge < -0.3 is 5.11 Å². The van der Waals surface area contributed by atoms with Crippen LogP contribution in [0.25, 0.3) is 0 Å². The molecule has 0 saturated carbocycles. The van der Waals surface area contributed by atoms with Crippen LogP contribution in [0.1, 0.15) is 14.9 Å². The highest BCUT2D eigenvalue weighted by Crippen LogP contribution is 1.58. The van der Waals surface area contributed by atoms with Crippen LogP contribution in [-0.4, -0.2) is 18.3 Å². The van der Waals surface area contributed by atoms with Crippen molar-refractivity contribution in [3.63, 3.8) is 0 Å². The molecule has 0 heterocycles. The molecule has 0 aliphatic carbocycles. The van der Waals surface area contributed by atoms with Gasteiger partial charge in [-0.3, -0.25) is 0 Å². The number of rotatable bonds is 0. The predicted octanol–water partition coefficient (Wildman–Crippen LogP) is 2.79. The third-order valence-electron chi connectivity index (χ3n) is 0. The van der Waals surface area contributed by atoms with Crippen LogP contribution in [0.5, 0.6) is 0 Å². The summed E-state index contributed by atoms with van der Waals surface area (Å²) in [4.78, 5) is 8.33. The maximum atomic E-state index is 9.92. The van der Waals surface area contributed by atoms with Crippen molar-refractivity contribution >= 4 is 6.22 Å². The minimum Gasteiger partial charge on any atom is -0.456 e. The van der Waals surface area contributed by atoms with Gasteiger partial charge in [-0.2, -0.15) is 0 Å². The lowest BCUT2D eigenvalue weighted by Crippen LogP contribution is -1.69. The SMILES string of the molecule is C.C.FCF.O=C(O)F. The molecule has 0 saturated heterocycles. The molecule has 0 aliphatic heterocycles. The van der Waals surface area contributed by atoms with E-state index in [2.05, 4.69) is 0 Å². The van der Waals surface area contributed by atoms with Crippen LogP contribution in [0.4, 0.5) is 18.0 Å². The van der Waals surface area contributed by atoms with Crippen LogP contribution in [0.15, 0.2) is 0 Å². The van der Waals surface area contributed by atoms with Crippen molar-refractivity contribution in [1.29, 1.82) is 0 Å². The van der Waals surface area contributed by atoms with Crippen LogP contribution in [-0.2, 0) is 0 Å². The molecule has 0 spiro atoms. The number of carboxylic acid groups (broad SMARTS) is 1. The first-order chi connectivity index (χ1) is 3.15. The Morgan fingerprint density at radius 3 is 1.33 bits per heavy atom. The maximum Gasteiger partial charge on any atom is 0.492 e. The van der Waals surface area contributed by atoms with Crippen molar-refractivity contribution in [3.05, 3.63) is 0 Å².